The number of nitrogens with zero attached hydrogens (tertiary/aromatic N) is 2. The van der Waals surface area contributed by atoms with Crippen molar-refractivity contribution in [1.29, 1.82) is 0 Å². The summed E-state index contributed by atoms with van der Waals surface area (Å²) in [6.45, 7) is 0.236. The maximum Gasteiger partial charge on any atom is 0.246 e. The summed E-state index contributed by atoms with van der Waals surface area (Å²) >= 11 is 0. The fourth-order valence-electron chi connectivity index (χ4n) is 3.62. The van der Waals surface area contributed by atoms with Crippen LogP contribution in [0.3, 0.4) is 0 Å². The van der Waals surface area contributed by atoms with E-state index in [-0.39, 0.29) is 23.9 Å². The Morgan fingerprint density at radius 3 is 2.61 bits per heavy atom. The SMILES string of the molecule is O=C(CNC(=O)C1CCCN(S(=O)(=O)c2ccccc2)C1)Nc1nc2ccccc2[nH]1. The highest BCUT2D eigenvalue weighted by atomic mass is 32.2. The first-order valence-corrected chi connectivity index (χ1v) is 11.4. The topological polar surface area (TPSA) is 124 Å². The van der Waals surface area contributed by atoms with Gasteiger partial charge in [0.25, 0.3) is 0 Å². The number of para-hydroxylation sites is 2. The van der Waals surface area contributed by atoms with Crippen LogP contribution in [0, 0.1) is 5.92 Å². The van der Waals surface area contributed by atoms with Gasteiger partial charge >= 0.3 is 0 Å². The molecule has 2 heterocycles. The second-order valence-electron chi connectivity index (χ2n) is 7.38. The number of rotatable bonds is 6. The third-order valence-corrected chi connectivity index (χ3v) is 7.09. The second-order valence-corrected chi connectivity index (χ2v) is 9.32. The third kappa shape index (κ3) is 4.75. The molecule has 1 saturated heterocycles. The molecule has 3 N–H and O–H groups in total. The standard InChI is InChI=1S/C21H23N5O4S/c27-19(25-21-23-17-10-4-5-11-18(17)24-21)13-22-20(28)15-7-6-12-26(14-15)31(29,30)16-8-2-1-3-9-16/h1-5,8-11,15H,6-7,12-14H2,(H,22,28)(H2,23,24,25,27). The van der Waals surface area contributed by atoms with Crippen LogP contribution in [0.4, 0.5) is 5.95 Å². The van der Waals surface area contributed by atoms with Crippen molar-refractivity contribution in [2.24, 2.45) is 5.92 Å². The number of anilines is 1. The van der Waals surface area contributed by atoms with Crippen molar-refractivity contribution in [3.63, 3.8) is 0 Å². The van der Waals surface area contributed by atoms with E-state index >= 15 is 0 Å². The van der Waals surface area contributed by atoms with Crippen LogP contribution < -0.4 is 10.6 Å². The Hall–Kier alpha value is -3.24. The molecular weight excluding hydrogens is 418 g/mol. The summed E-state index contributed by atoms with van der Waals surface area (Å²) in [5.41, 5.74) is 1.52. The molecule has 4 rings (SSSR count). The summed E-state index contributed by atoms with van der Waals surface area (Å²) in [6.07, 6.45) is 1.15. The van der Waals surface area contributed by atoms with Crippen LogP contribution in [0.1, 0.15) is 12.8 Å². The van der Waals surface area contributed by atoms with Crippen LogP contribution >= 0.6 is 0 Å². The van der Waals surface area contributed by atoms with E-state index in [1.807, 2.05) is 24.3 Å². The number of fused-ring (bicyclic) bond motifs is 1. The average Bonchev–Trinajstić information content (AvgIpc) is 3.20. The molecule has 3 aromatic rings. The Bertz CT molecular complexity index is 1160. The Morgan fingerprint density at radius 1 is 1.10 bits per heavy atom. The van der Waals surface area contributed by atoms with Crippen LogP contribution in [0.5, 0.6) is 0 Å². The van der Waals surface area contributed by atoms with Crippen LogP contribution in [0.25, 0.3) is 11.0 Å². The number of amides is 2. The van der Waals surface area contributed by atoms with Crippen molar-refractivity contribution in [2.75, 3.05) is 25.0 Å². The minimum atomic E-state index is -3.65. The molecule has 0 bridgehead atoms. The van der Waals surface area contributed by atoms with Crippen molar-refractivity contribution >= 4 is 38.8 Å². The van der Waals surface area contributed by atoms with Crippen molar-refractivity contribution in [3.05, 3.63) is 54.6 Å². The van der Waals surface area contributed by atoms with Crippen molar-refractivity contribution in [2.45, 2.75) is 17.7 Å². The average molecular weight is 442 g/mol. The van der Waals surface area contributed by atoms with Gasteiger partial charge in [-0.25, -0.2) is 13.4 Å². The number of aromatic amines is 1. The minimum absolute atomic E-state index is 0.0915. The van der Waals surface area contributed by atoms with E-state index in [9.17, 15) is 18.0 Å². The molecule has 10 heteroatoms. The fourth-order valence-corrected chi connectivity index (χ4v) is 5.16. The number of carbonyl (C=O) groups is 2. The summed E-state index contributed by atoms with van der Waals surface area (Å²) in [6, 6.07) is 15.5. The van der Waals surface area contributed by atoms with Gasteiger partial charge in [-0.05, 0) is 37.1 Å². The Kier molecular flexibility index (Phi) is 6.01. The molecule has 0 radical (unpaired) electrons. The van der Waals surface area contributed by atoms with E-state index in [0.717, 1.165) is 11.0 Å². The highest BCUT2D eigenvalue weighted by molar-refractivity contribution is 7.89. The van der Waals surface area contributed by atoms with Crippen LogP contribution in [0.2, 0.25) is 0 Å². The summed E-state index contributed by atoms with van der Waals surface area (Å²) in [5, 5.41) is 5.22. The molecule has 1 aliphatic rings. The zero-order chi connectivity index (χ0) is 21.8. The number of imidazole rings is 1. The second kappa shape index (κ2) is 8.86. The molecule has 9 nitrogen and oxygen atoms in total. The molecule has 0 spiro atoms. The molecule has 0 aliphatic carbocycles. The van der Waals surface area contributed by atoms with Gasteiger partial charge in [-0.15, -0.1) is 0 Å². The van der Waals surface area contributed by atoms with Gasteiger partial charge < -0.3 is 10.3 Å². The lowest BCUT2D eigenvalue weighted by Crippen LogP contribution is -2.46. The smallest absolute Gasteiger partial charge is 0.246 e. The molecule has 1 fully saturated rings. The predicted molar refractivity (Wildman–Crippen MR) is 116 cm³/mol. The number of aromatic nitrogens is 2. The summed E-state index contributed by atoms with van der Waals surface area (Å²) < 4.78 is 27.0. The van der Waals surface area contributed by atoms with Crippen LogP contribution in [0.15, 0.2) is 59.5 Å². The molecule has 2 aromatic carbocycles. The maximum absolute atomic E-state index is 12.8. The number of sulfonamides is 1. The lowest BCUT2D eigenvalue weighted by atomic mass is 9.99. The Labute approximate surface area is 179 Å². The third-order valence-electron chi connectivity index (χ3n) is 5.21. The minimum Gasteiger partial charge on any atom is -0.347 e. The number of H-pyrrole nitrogens is 1. The summed E-state index contributed by atoms with van der Waals surface area (Å²) in [4.78, 5) is 32.2. The molecule has 0 saturated carbocycles. The number of hydrogen-bond acceptors (Lipinski definition) is 5. The van der Waals surface area contributed by atoms with E-state index in [1.165, 1.54) is 4.31 Å². The van der Waals surface area contributed by atoms with E-state index in [0.29, 0.717) is 25.3 Å². The van der Waals surface area contributed by atoms with Crippen molar-refractivity contribution < 1.29 is 18.0 Å². The highest BCUT2D eigenvalue weighted by Crippen LogP contribution is 2.23. The zero-order valence-corrected chi connectivity index (χ0v) is 17.6. The molecule has 1 atom stereocenters. The van der Waals surface area contributed by atoms with Gasteiger partial charge in [-0.1, -0.05) is 30.3 Å². The zero-order valence-electron chi connectivity index (χ0n) is 16.7. The maximum atomic E-state index is 12.8. The first kappa shape index (κ1) is 21.0. The van der Waals surface area contributed by atoms with Gasteiger partial charge in [0, 0.05) is 13.1 Å². The predicted octanol–water partition coefficient (Wildman–Crippen LogP) is 1.72. The van der Waals surface area contributed by atoms with Gasteiger partial charge in [-0.3, -0.25) is 14.9 Å². The number of benzene rings is 2. The van der Waals surface area contributed by atoms with Crippen molar-refractivity contribution in [1.82, 2.24) is 19.6 Å². The quantitative estimate of drug-likeness (QED) is 0.537. The van der Waals surface area contributed by atoms with Crippen LogP contribution in [-0.4, -0.2) is 54.1 Å². The first-order chi connectivity index (χ1) is 14.9. The lowest BCUT2D eigenvalue weighted by molar-refractivity contribution is -0.128. The van der Waals surface area contributed by atoms with E-state index in [4.69, 9.17) is 0 Å². The Morgan fingerprint density at radius 2 is 1.84 bits per heavy atom. The van der Waals surface area contributed by atoms with Crippen molar-refractivity contribution in [3.8, 4) is 0 Å². The summed E-state index contributed by atoms with van der Waals surface area (Å²) in [7, 11) is -3.65. The number of carbonyl (C=O) groups excluding carboxylic acids is 2. The van der Waals surface area contributed by atoms with Gasteiger partial charge in [0.05, 0.1) is 28.4 Å². The molecule has 2 amide bonds. The summed E-state index contributed by atoms with van der Waals surface area (Å²) in [5.74, 6) is -0.964. The van der Waals surface area contributed by atoms with Crippen LogP contribution in [-0.2, 0) is 19.6 Å². The first-order valence-electron chi connectivity index (χ1n) is 10.0. The largest absolute Gasteiger partial charge is 0.347 e. The van der Waals surface area contributed by atoms with Gasteiger partial charge in [0.2, 0.25) is 27.8 Å². The van der Waals surface area contributed by atoms with E-state index < -0.39 is 21.8 Å². The number of piperidine rings is 1. The van der Waals surface area contributed by atoms with Gasteiger partial charge in [0.15, 0.2) is 0 Å². The number of nitrogens with one attached hydrogen (secondary N) is 3. The number of hydrogen-bond donors (Lipinski definition) is 3. The Balaban J connectivity index is 1.32. The van der Waals surface area contributed by atoms with Gasteiger partial charge in [0.1, 0.15) is 0 Å². The molecule has 31 heavy (non-hydrogen) atoms. The van der Waals surface area contributed by atoms with E-state index in [1.54, 1.807) is 30.3 Å². The van der Waals surface area contributed by atoms with Gasteiger partial charge in [-0.2, -0.15) is 4.31 Å². The molecule has 1 aromatic heterocycles. The normalized spacial score (nSPS) is 17.4. The fraction of sp³-hybridized carbons (Fsp3) is 0.286. The highest BCUT2D eigenvalue weighted by Gasteiger charge is 2.33. The molecule has 1 unspecified atom stereocenters. The molecular formula is C21H23N5O4S. The lowest BCUT2D eigenvalue weighted by Gasteiger charge is -2.31. The molecule has 1 aliphatic heterocycles. The van der Waals surface area contributed by atoms with E-state index in [2.05, 4.69) is 20.6 Å². The monoisotopic (exact) mass is 441 g/mol. The molecule has 162 valence electrons.